The predicted molar refractivity (Wildman–Crippen MR) is 100 cm³/mol. The van der Waals surface area contributed by atoms with Crippen LogP contribution in [-0.4, -0.2) is 27.7 Å². The van der Waals surface area contributed by atoms with Crippen molar-refractivity contribution in [2.24, 2.45) is 11.8 Å². The maximum Gasteiger partial charge on any atom is 0.342 e. The van der Waals surface area contributed by atoms with Gasteiger partial charge in [0.15, 0.2) is 0 Å². The van der Waals surface area contributed by atoms with E-state index in [1.54, 1.807) is 6.92 Å². The fourth-order valence-corrected chi connectivity index (χ4v) is 3.51. The van der Waals surface area contributed by atoms with Crippen LogP contribution in [0.5, 0.6) is 0 Å². The van der Waals surface area contributed by atoms with E-state index in [9.17, 15) is 14.7 Å². The Labute approximate surface area is 157 Å². The van der Waals surface area contributed by atoms with Crippen LogP contribution in [0.2, 0.25) is 0 Å². The molecule has 1 aliphatic carbocycles. The lowest BCUT2D eigenvalue weighted by Crippen LogP contribution is -2.22. The molecule has 5 heteroatoms. The van der Waals surface area contributed by atoms with E-state index < -0.39 is 11.6 Å². The van der Waals surface area contributed by atoms with Crippen LogP contribution >= 0.6 is 0 Å². The predicted octanol–water partition coefficient (Wildman–Crippen LogP) is 4.27. The lowest BCUT2D eigenvalue weighted by atomic mass is 9.89. The molecule has 0 saturated heterocycles. The minimum atomic E-state index is -0.966. The zero-order chi connectivity index (χ0) is 19.4. The lowest BCUT2D eigenvalue weighted by molar-refractivity contribution is -0.234. The van der Waals surface area contributed by atoms with Gasteiger partial charge in [-0.3, -0.25) is 4.79 Å². The Bertz CT molecular complexity index is 500. The number of Topliss-reactive ketones (excluding diaryl/α,β-unsaturated/α-hetero) is 1. The quantitative estimate of drug-likeness (QED) is 0.247. The van der Waals surface area contributed by atoms with E-state index in [0.717, 1.165) is 51.4 Å². The number of carbonyl (C=O) groups is 2. The van der Waals surface area contributed by atoms with Crippen LogP contribution in [0.3, 0.4) is 0 Å². The average molecular weight is 366 g/mol. The summed E-state index contributed by atoms with van der Waals surface area (Å²) in [6.45, 7) is 3.90. The lowest BCUT2D eigenvalue weighted by Gasteiger charge is -2.17. The molecule has 1 rings (SSSR count). The van der Waals surface area contributed by atoms with Gasteiger partial charge in [-0.2, -0.15) is 5.26 Å². The number of hydrogen-bond donors (Lipinski definition) is 2. The number of aliphatic hydroxyl groups is 1. The number of hydrogen-bond acceptors (Lipinski definition) is 5. The van der Waals surface area contributed by atoms with Crippen molar-refractivity contribution in [3.63, 3.8) is 0 Å². The van der Waals surface area contributed by atoms with Crippen molar-refractivity contribution in [3.8, 4) is 11.8 Å². The number of rotatable bonds is 11. The molecule has 0 spiro atoms. The summed E-state index contributed by atoms with van der Waals surface area (Å²) in [6.07, 6.45) is 9.70. The van der Waals surface area contributed by atoms with Crippen molar-refractivity contribution in [1.82, 2.24) is 0 Å². The third kappa shape index (κ3) is 8.82. The molecule has 0 aromatic carbocycles. The Kier molecular flexibility index (Phi) is 10.5. The van der Waals surface area contributed by atoms with Crippen LogP contribution < -0.4 is 0 Å². The number of ketones is 1. The van der Waals surface area contributed by atoms with E-state index in [1.165, 1.54) is 0 Å². The summed E-state index contributed by atoms with van der Waals surface area (Å²) < 4.78 is 0. The first kappa shape index (κ1) is 22.7. The zero-order valence-corrected chi connectivity index (χ0v) is 16.3. The van der Waals surface area contributed by atoms with Gasteiger partial charge in [0.05, 0.1) is 0 Å². The molecule has 0 aliphatic heterocycles. The SMILES string of the molecule is CCCCC[C@](C)(O)C#C[C@@H]1CCC(=O)[C@H]1CCCCCCC(=O)OO. The van der Waals surface area contributed by atoms with E-state index >= 15 is 0 Å². The molecule has 0 bridgehead atoms. The molecule has 0 aromatic heterocycles. The van der Waals surface area contributed by atoms with Crippen LogP contribution in [0.1, 0.15) is 90.9 Å². The molecule has 0 heterocycles. The second kappa shape index (κ2) is 12.1. The molecule has 2 N–H and O–H groups in total. The molecule has 0 amide bonds. The fourth-order valence-electron chi connectivity index (χ4n) is 3.51. The van der Waals surface area contributed by atoms with Gasteiger partial charge >= 0.3 is 5.97 Å². The molecule has 0 aromatic rings. The Balaban J connectivity index is 2.39. The summed E-state index contributed by atoms with van der Waals surface area (Å²) in [5.74, 6) is 5.95. The molecular weight excluding hydrogens is 332 g/mol. The van der Waals surface area contributed by atoms with E-state index in [-0.39, 0.29) is 18.3 Å². The fraction of sp³-hybridized carbons (Fsp3) is 0.810. The molecule has 1 fully saturated rings. The van der Waals surface area contributed by atoms with Crippen molar-refractivity contribution in [2.45, 2.75) is 96.5 Å². The normalized spacial score (nSPS) is 21.8. The summed E-state index contributed by atoms with van der Waals surface area (Å²) in [7, 11) is 0. The van der Waals surface area contributed by atoms with Crippen molar-refractivity contribution in [1.29, 1.82) is 0 Å². The number of carbonyl (C=O) groups excluding carboxylic acids is 2. The van der Waals surface area contributed by atoms with E-state index in [1.807, 2.05) is 0 Å². The molecule has 1 saturated carbocycles. The van der Waals surface area contributed by atoms with Crippen molar-refractivity contribution >= 4 is 11.8 Å². The molecular formula is C21H34O5. The highest BCUT2D eigenvalue weighted by molar-refractivity contribution is 5.84. The highest BCUT2D eigenvalue weighted by Gasteiger charge is 2.33. The summed E-state index contributed by atoms with van der Waals surface area (Å²) in [6, 6.07) is 0. The molecule has 3 atom stereocenters. The highest BCUT2D eigenvalue weighted by Crippen LogP contribution is 2.32. The van der Waals surface area contributed by atoms with Crippen LogP contribution in [0, 0.1) is 23.7 Å². The third-order valence-electron chi connectivity index (χ3n) is 5.14. The van der Waals surface area contributed by atoms with Gasteiger partial charge in [-0.15, -0.1) is 0 Å². The first-order chi connectivity index (χ1) is 12.4. The van der Waals surface area contributed by atoms with Crippen LogP contribution in [-0.2, 0) is 14.5 Å². The minimum Gasteiger partial charge on any atom is -0.378 e. The van der Waals surface area contributed by atoms with Crippen molar-refractivity contribution in [2.75, 3.05) is 0 Å². The van der Waals surface area contributed by atoms with E-state index in [2.05, 4.69) is 23.7 Å². The summed E-state index contributed by atoms with van der Waals surface area (Å²) in [5.41, 5.74) is -0.966. The van der Waals surface area contributed by atoms with Crippen LogP contribution in [0.15, 0.2) is 0 Å². The Morgan fingerprint density at radius 1 is 1.23 bits per heavy atom. The van der Waals surface area contributed by atoms with Gasteiger partial charge in [0.1, 0.15) is 11.4 Å². The summed E-state index contributed by atoms with van der Waals surface area (Å²) in [4.78, 5) is 26.6. The van der Waals surface area contributed by atoms with Gasteiger partial charge in [0.25, 0.3) is 0 Å². The minimum absolute atomic E-state index is 0.0173. The monoisotopic (exact) mass is 366 g/mol. The Morgan fingerprint density at radius 3 is 2.65 bits per heavy atom. The topological polar surface area (TPSA) is 83.8 Å². The first-order valence-electron chi connectivity index (χ1n) is 10.0. The van der Waals surface area contributed by atoms with Gasteiger partial charge in [-0.05, 0) is 39.0 Å². The standard InChI is InChI=1S/C21H34O5/c1-3-4-9-15-21(2,24)16-14-17-12-13-19(22)18(17)10-7-5-6-8-11-20(23)26-25/h17-18,24-25H,3-13,15H2,1-2H3/t17-,18-,21-/m0/s1. The average Bonchev–Trinajstić information content (AvgIpc) is 2.96. The summed E-state index contributed by atoms with van der Waals surface area (Å²) in [5, 5.41) is 18.6. The highest BCUT2D eigenvalue weighted by atomic mass is 17.1. The molecule has 148 valence electrons. The maximum absolute atomic E-state index is 12.1. The Morgan fingerprint density at radius 2 is 1.96 bits per heavy atom. The zero-order valence-electron chi connectivity index (χ0n) is 16.3. The maximum atomic E-state index is 12.1. The number of unbranched alkanes of at least 4 members (excludes halogenated alkanes) is 5. The van der Waals surface area contributed by atoms with Crippen LogP contribution in [0.25, 0.3) is 0 Å². The summed E-state index contributed by atoms with van der Waals surface area (Å²) >= 11 is 0. The Hall–Kier alpha value is -1.38. The molecule has 1 aliphatic rings. The van der Waals surface area contributed by atoms with Gasteiger partial charge in [0.2, 0.25) is 0 Å². The van der Waals surface area contributed by atoms with Gasteiger partial charge in [0, 0.05) is 24.7 Å². The second-order valence-electron chi connectivity index (χ2n) is 7.63. The van der Waals surface area contributed by atoms with Crippen molar-refractivity contribution < 1.29 is 24.8 Å². The first-order valence-corrected chi connectivity index (χ1v) is 10.0. The van der Waals surface area contributed by atoms with E-state index in [0.29, 0.717) is 25.0 Å². The van der Waals surface area contributed by atoms with E-state index in [4.69, 9.17) is 5.26 Å². The van der Waals surface area contributed by atoms with Gasteiger partial charge in [-0.1, -0.05) is 50.9 Å². The molecule has 0 unspecified atom stereocenters. The molecule has 5 nitrogen and oxygen atoms in total. The van der Waals surface area contributed by atoms with Crippen LogP contribution in [0.4, 0.5) is 0 Å². The second-order valence-corrected chi connectivity index (χ2v) is 7.63. The van der Waals surface area contributed by atoms with Gasteiger partial charge < -0.3 is 9.99 Å². The largest absolute Gasteiger partial charge is 0.378 e. The van der Waals surface area contributed by atoms with Gasteiger partial charge in [-0.25, -0.2) is 4.79 Å². The molecule has 26 heavy (non-hydrogen) atoms. The third-order valence-corrected chi connectivity index (χ3v) is 5.14. The molecule has 0 radical (unpaired) electrons. The smallest absolute Gasteiger partial charge is 0.342 e. The van der Waals surface area contributed by atoms with Crippen molar-refractivity contribution in [3.05, 3.63) is 0 Å².